The molecule has 1 aliphatic rings. The first kappa shape index (κ1) is 26.2. The summed E-state index contributed by atoms with van der Waals surface area (Å²) in [5.74, 6) is 2.13. The van der Waals surface area contributed by atoms with Crippen molar-refractivity contribution in [2.75, 3.05) is 11.1 Å². The minimum Gasteiger partial charge on any atom is -0.486 e. The standard InChI is InChI=1S/C27H33N5O2S2/c1-5-27(3,4)18-12-13-20-21(15-28)25(36-22(20)14-18)29-24(33)17-35-26-31-30-23(32(26)6-2)16-34-19-10-8-7-9-11-19/h7-11,18H,5-6,12-14,16-17H2,1-4H3,(H,29,33). The van der Waals surface area contributed by atoms with Gasteiger partial charge < -0.3 is 14.6 Å². The summed E-state index contributed by atoms with van der Waals surface area (Å²) in [7, 11) is 0. The minimum absolute atomic E-state index is 0.145. The van der Waals surface area contributed by atoms with Gasteiger partial charge in [-0.3, -0.25) is 4.79 Å². The minimum atomic E-state index is -0.145. The van der Waals surface area contributed by atoms with Crippen LogP contribution in [-0.4, -0.2) is 26.4 Å². The van der Waals surface area contributed by atoms with Gasteiger partial charge in [-0.15, -0.1) is 21.5 Å². The van der Waals surface area contributed by atoms with E-state index in [9.17, 15) is 10.1 Å². The lowest BCUT2D eigenvalue weighted by Crippen LogP contribution is -2.28. The fourth-order valence-corrected chi connectivity index (χ4v) is 6.67. The van der Waals surface area contributed by atoms with Gasteiger partial charge in [-0.1, -0.05) is 57.2 Å². The molecule has 0 saturated heterocycles. The summed E-state index contributed by atoms with van der Waals surface area (Å²) in [5, 5.41) is 22.7. The van der Waals surface area contributed by atoms with Crippen LogP contribution in [0.3, 0.4) is 0 Å². The Kier molecular flexibility index (Phi) is 8.37. The molecule has 36 heavy (non-hydrogen) atoms. The van der Waals surface area contributed by atoms with E-state index in [4.69, 9.17) is 4.74 Å². The van der Waals surface area contributed by atoms with Gasteiger partial charge in [0, 0.05) is 11.4 Å². The van der Waals surface area contributed by atoms with Gasteiger partial charge in [0.2, 0.25) is 5.91 Å². The van der Waals surface area contributed by atoms with Crippen LogP contribution in [-0.2, 0) is 30.8 Å². The van der Waals surface area contributed by atoms with Gasteiger partial charge in [-0.2, -0.15) is 5.26 Å². The number of nitrogens with one attached hydrogen (secondary N) is 1. The first-order valence-corrected chi connectivity index (χ1v) is 14.2. The third kappa shape index (κ3) is 5.76. The largest absolute Gasteiger partial charge is 0.486 e. The lowest BCUT2D eigenvalue weighted by atomic mass is 9.69. The second-order valence-corrected chi connectivity index (χ2v) is 11.7. The lowest BCUT2D eigenvalue weighted by molar-refractivity contribution is -0.113. The molecular weight excluding hydrogens is 490 g/mol. The fourth-order valence-electron chi connectivity index (χ4n) is 4.56. The average Bonchev–Trinajstić information content (AvgIpc) is 3.45. The third-order valence-corrected chi connectivity index (χ3v) is 9.34. The van der Waals surface area contributed by atoms with Crippen molar-refractivity contribution in [3.8, 4) is 11.8 Å². The Labute approximate surface area is 221 Å². The zero-order chi connectivity index (χ0) is 25.7. The predicted molar refractivity (Wildman–Crippen MR) is 144 cm³/mol. The van der Waals surface area contributed by atoms with Crippen molar-refractivity contribution in [2.45, 2.75) is 71.7 Å². The van der Waals surface area contributed by atoms with E-state index in [-0.39, 0.29) is 17.1 Å². The summed E-state index contributed by atoms with van der Waals surface area (Å²) < 4.78 is 7.77. The quantitative estimate of drug-likeness (QED) is 0.324. The number of carbonyl (C=O) groups excluding carboxylic acids is 1. The topological polar surface area (TPSA) is 92.8 Å². The van der Waals surface area contributed by atoms with Gasteiger partial charge >= 0.3 is 0 Å². The summed E-state index contributed by atoms with van der Waals surface area (Å²) in [5.41, 5.74) is 2.04. The van der Waals surface area contributed by atoms with Crippen molar-refractivity contribution in [3.05, 3.63) is 52.2 Å². The van der Waals surface area contributed by atoms with Crippen LogP contribution in [0.4, 0.5) is 5.00 Å². The number of aromatic nitrogens is 3. The fraction of sp³-hybridized carbons (Fsp3) is 0.481. The summed E-state index contributed by atoms with van der Waals surface area (Å²) in [6.45, 7) is 9.90. The molecule has 0 radical (unpaired) electrons. The molecule has 0 spiro atoms. The molecule has 1 atom stereocenters. The number of ether oxygens (including phenoxy) is 1. The van der Waals surface area contributed by atoms with E-state index in [1.54, 1.807) is 11.3 Å². The smallest absolute Gasteiger partial charge is 0.235 e. The van der Waals surface area contributed by atoms with Crippen LogP contribution in [0.15, 0.2) is 35.5 Å². The van der Waals surface area contributed by atoms with Gasteiger partial charge in [0.15, 0.2) is 11.0 Å². The summed E-state index contributed by atoms with van der Waals surface area (Å²) >= 11 is 2.91. The highest BCUT2D eigenvalue weighted by atomic mass is 32.2. The van der Waals surface area contributed by atoms with E-state index in [1.807, 2.05) is 41.8 Å². The van der Waals surface area contributed by atoms with Gasteiger partial charge in [0.1, 0.15) is 23.4 Å². The van der Waals surface area contributed by atoms with Crippen LogP contribution >= 0.6 is 23.1 Å². The number of fused-ring (bicyclic) bond motifs is 1. The van der Waals surface area contributed by atoms with E-state index in [0.717, 1.165) is 37.0 Å². The van der Waals surface area contributed by atoms with Crippen molar-refractivity contribution < 1.29 is 9.53 Å². The highest BCUT2D eigenvalue weighted by Crippen LogP contribution is 2.45. The molecule has 7 nitrogen and oxygen atoms in total. The monoisotopic (exact) mass is 523 g/mol. The van der Waals surface area contributed by atoms with Crippen LogP contribution in [0.1, 0.15) is 62.4 Å². The van der Waals surface area contributed by atoms with Gasteiger partial charge in [0.05, 0.1) is 11.3 Å². The van der Waals surface area contributed by atoms with Crippen molar-refractivity contribution in [2.24, 2.45) is 11.3 Å². The molecule has 0 saturated carbocycles. The zero-order valence-electron chi connectivity index (χ0n) is 21.3. The highest BCUT2D eigenvalue weighted by molar-refractivity contribution is 7.99. The number of benzene rings is 1. The highest BCUT2D eigenvalue weighted by Gasteiger charge is 2.34. The van der Waals surface area contributed by atoms with Crippen molar-refractivity contribution in [3.63, 3.8) is 0 Å². The Bertz CT molecular complexity index is 1240. The average molecular weight is 524 g/mol. The summed E-state index contributed by atoms with van der Waals surface area (Å²) in [6, 6.07) is 11.9. The Morgan fingerprint density at radius 1 is 1.31 bits per heavy atom. The van der Waals surface area contributed by atoms with Crippen molar-refractivity contribution >= 4 is 34.0 Å². The molecule has 2 aromatic heterocycles. The first-order chi connectivity index (χ1) is 17.4. The van der Waals surface area contributed by atoms with E-state index >= 15 is 0 Å². The molecule has 0 aliphatic heterocycles. The number of nitrogens with zero attached hydrogens (tertiary/aromatic N) is 4. The maximum Gasteiger partial charge on any atom is 0.235 e. The summed E-state index contributed by atoms with van der Waals surface area (Å²) in [4.78, 5) is 14.1. The predicted octanol–water partition coefficient (Wildman–Crippen LogP) is 6.08. The molecule has 3 aromatic rings. The van der Waals surface area contributed by atoms with Crippen LogP contribution < -0.4 is 10.1 Å². The van der Waals surface area contributed by atoms with Crippen LogP contribution in [0.2, 0.25) is 0 Å². The van der Waals surface area contributed by atoms with Crippen molar-refractivity contribution in [1.29, 1.82) is 5.26 Å². The van der Waals surface area contributed by atoms with E-state index in [0.29, 0.717) is 40.6 Å². The molecule has 0 bridgehead atoms. The van der Waals surface area contributed by atoms with Crippen LogP contribution in [0, 0.1) is 22.7 Å². The molecule has 1 aliphatic carbocycles. The Hall–Kier alpha value is -2.83. The Morgan fingerprint density at radius 3 is 2.78 bits per heavy atom. The SMILES string of the molecule is CCn1c(COc2ccccc2)nnc1SCC(=O)Nc1sc2c(c1C#N)CCC(C(C)(C)CC)C2. The van der Waals surface area contributed by atoms with Gasteiger partial charge in [0.25, 0.3) is 0 Å². The first-order valence-electron chi connectivity index (χ1n) is 12.4. The number of amides is 1. The molecule has 9 heteroatoms. The third-order valence-electron chi connectivity index (χ3n) is 7.20. The molecular formula is C27H33N5O2S2. The number of thiophene rings is 1. The number of para-hydroxylation sites is 1. The van der Waals surface area contributed by atoms with E-state index in [2.05, 4.69) is 42.4 Å². The maximum atomic E-state index is 12.8. The number of anilines is 1. The number of hydrogen-bond donors (Lipinski definition) is 1. The molecule has 0 fully saturated rings. The molecule has 1 amide bonds. The maximum absolute atomic E-state index is 12.8. The number of rotatable bonds is 10. The molecule has 1 unspecified atom stereocenters. The lowest BCUT2D eigenvalue weighted by Gasteiger charge is -2.36. The van der Waals surface area contributed by atoms with Crippen molar-refractivity contribution in [1.82, 2.24) is 14.8 Å². The zero-order valence-corrected chi connectivity index (χ0v) is 23.0. The van der Waals surface area contributed by atoms with Crippen LogP contribution in [0.5, 0.6) is 5.75 Å². The molecule has 1 aromatic carbocycles. The number of hydrogen-bond acceptors (Lipinski definition) is 7. The van der Waals surface area contributed by atoms with Crippen LogP contribution in [0.25, 0.3) is 0 Å². The second kappa shape index (κ2) is 11.5. The number of thioether (sulfide) groups is 1. The van der Waals surface area contributed by atoms with E-state index < -0.39 is 0 Å². The molecule has 190 valence electrons. The summed E-state index contributed by atoms with van der Waals surface area (Å²) in [6.07, 6.45) is 4.10. The molecule has 2 heterocycles. The van der Waals surface area contributed by atoms with Gasteiger partial charge in [-0.25, -0.2) is 0 Å². The Morgan fingerprint density at radius 2 is 2.08 bits per heavy atom. The normalized spacial score (nSPS) is 15.2. The number of carbonyl (C=O) groups is 1. The molecule has 1 N–H and O–H groups in total. The van der Waals surface area contributed by atoms with Gasteiger partial charge in [-0.05, 0) is 55.2 Å². The molecule has 4 rings (SSSR count). The number of nitriles is 1. The van der Waals surface area contributed by atoms with E-state index in [1.165, 1.54) is 16.6 Å². The second-order valence-electron chi connectivity index (χ2n) is 9.68. The Balaban J connectivity index is 1.38.